The molecule has 0 N–H and O–H groups in total. The van der Waals surface area contributed by atoms with Crippen LogP contribution in [0.25, 0.3) is 0 Å². The van der Waals surface area contributed by atoms with E-state index in [4.69, 9.17) is 21.1 Å². The average Bonchev–Trinajstić information content (AvgIpc) is 2.58. The van der Waals surface area contributed by atoms with E-state index in [1.807, 2.05) is 26.8 Å². The highest BCUT2D eigenvalue weighted by molar-refractivity contribution is 9.11. The fraction of sp³-hybridized carbons (Fsp3) is 0.643. The highest BCUT2D eigenvalue weighted by Crippen LogP contribution is 2.38. The molecule has 1 amide bonds. The van der Waals surface area contributed by atoms with Gasteiger partial charge in [0.25, 0.3) is 0 Å². The first-order valence-corrected chi connectivity index (χ1v) is 8.79. The van der Waals surface area contributed by atoms with E-state index in [9.17, 15) is 4.79 Å². The quantitative estimate of drug-likeness (QED) is 0.680. The second kappa shape index (κ2) is 6.86. The lowest BCUT2D eigenvalue weighted by Gasteiger charge is -2.31. The number of amides is 1. The van der Waals surface area contributed by atoms with Gasteiger partial charge < -0.3 is 9.47 Å². The molecule has 7 heteroatoms. The van der Waals surface area contributed by atoms with Crippen LogP contribution in [0.15, 0.2) is 9.85 Å². The molecule has 1 saturated heterocycles. The zero-order valence-corrected chi connectivity index (χ0v) is 15.5. The Kier molecular flexibility index (Phi) is 5.57. The van der Waals surface area contributed by atoms with Gasteiger partial charge in [-0.3, -0.25) is 4.90 Å². The molecule has 0 radical (unpaired) electrons. The molecule has 1 aliphatic heterocycles. The van der Waals surface area contributed by atoms with E-state index in [2.05, 4.69) is 15.9 Å². The minimum absolute atomic E-state index is 0.211. The van der Waals surface area contributed by atoms with Crippen molar-refractivity contribution < 1.29 is 14.3 Å². The maximum Gasteiger partial charge on any atom is 0.410 e. The molecule has 1 fully saturated rings. The van der Waals surface area contributed by atoms with Gasteiger partial charge in [-0.1, -0.05) is 11.6 Å². The summed E-state index contributed by atoms with van der Waals surface area (Å²) in [5.41, 5.74) is 0.384. The van der Waals surface area contributed by atoms with Crippen LogP contribution in [-0.4, -0.2) is 36.4 Å². The van der Waals surface area contributed by atoms with Crippen molar-refractivity contribution in [1.29, 1.82) is 0 Å². The smallest absolute Gasteiger partial charge is 0.410 e. The lowest BCUT2D eigenvalue weighted by molar-refractivity contribution is 0.0119. The van der Waals surface area contributed by atoms with Crippen LogP contribution < -0.4 is 0 Å². The van der Waals surface area contributed by atoms with E-state index in [0.717, 1.165) is 15.8 Å². The van der Waals surface area contributed by atoms with Crippen molar-refractivity contribution in [3.8, 4) is 0 Å². The SMILES string of the molecule is CC(C)(C)OC(=O)N1CCCOCC1c1cc(Br)sc1Cl. The van der Waals surface area contributed by atoms with Gasteiger partial charge in [0.15, 0.2) is 0 Å². The molecule has 1 unspecified atom stereocenters. The summed E-state index contributed by atoms with van der Waals surface area (Å²) in [6, 6.07) is 1.74. The Labute approximate surface area is 142 Å². The minimum Gasteiger partial charge on any atom is -0.444 e. The maximum absolute atomic E-state index is 12.5. The minimum atomic E-state index is -0.520. The highest BCUT2D eigenvalue weighted by atomic mass is 79.9. The fourth-order valence-electron chi connectivity index (χ4n) is 2.15. The number of carbonyl (C=O) groups is 1. The summed E-state index contributed by atoms with van der Waals surface area (Å²) in [5.74, 6) is 0. The Balaban J connectivity index is 2.26. The van der Waals surface area contributed by atoms with E-state index in [1.54, 1.807) is 4.90 Å². The third kappa shape index (κ3) is 4.58. The molecule has 1 atom stereocenters. The molecule has 21 heavy (non-hydrogen) atoms. The molecule has 1 aromatic heterocycles. The standard InChI is InChI=1S/C14H19BrClNO3S/c1-14(2,3)20-13(18)17-5-4-6-19-8-10(17)9-7-11(15)21-12(9)16/h7,10H,4-6,8H2,1-3H3. The lowest BCUT2D eigenvalue weighted by atomic mass is 10.1. The van der Waals surface area contributed by atoms with E-state index in [-0.39, 0.29) is 12.1 Å². The number of nitrogens with zero attached hydrogens (tertiary/aromatic N) is 1. The summed E-state index contributed by atoms with van der Waals surface area (Å²) in [6.07, 6.45) is 0.468. The Morgan fingerprint density at radius 1 is 1.57 bits per heavy atom. The van der Waals surface area contributed by atoms with Crippen molar-refractivity contribution in [3.63, 3.8) is 0 Å². The molecule has 1 aliphatic rings. The number of thiophene rings is 1. The van der Waals surface area contributed by atoms with Gasteiger partial charge in [-0.2, -0.15) is 0 Å². The zero-order chi connectivity index (χ0) is 15.6. The summed E-state index contributed by atoms with van der Waals surface area (Å²) < 4.78 is 12.7. The Morgan fingerprint density at radius 2 is 2.29 bits per heavy atom. The van der Waals surface area contributed by atoms with Crippen LogP contribution in [0.1, 0.15) is 38.8 Å². The predicted molar refractivity (Wildman–Crippen MR) is 88.1 cm³/mol. The molecule has 0 spiro atoms. The summed E-state index contributed by atoms with van der Waals surface area (Å²) in [4.78, 5) is 14.2. The van der Waals surface area contributed by atoms with Crippen LogP contribution in [0.2, 0.25) is 4.34 Å². The van der Waals surface area contributed by atoms with Gasteiger partial charge in [0.1, 0.15) is 5.60 Å². The summed E-state index contributed by atoms with van der Waals surface area (Å²) in [6.45, 7) is 7.26. The van der Waals surface area contributed by atoms with Crippen molar-refractivity contribution in [2.24, 2.45) is 0 Å². The topological polar surface area (TPSA) is 38.8 Å². The van der Waals surface area contributed by atoms with Crippen molar-refractivity contribution in [2.45, 2.75) is 38.8 Å². The molecule has 0 aliphatic carbocycles. The normalized spacial score (nSPS) is 20.2. The van der Waals surface area contributed by atoms with E-state index in [1.165, 1.54) is 11.3 Å². The van der Waals surface area contributed by atoms with Gasteiger partial charge in [-0.25, -0.2) is 4.79 Å². The summed E-state index contributed by atoms with van der Waals surface area (Å²) in [7, 11) is 0. The van der Waals surface area contributed by atoms with Gasteiger partial charge in [-0.05, 0) is 49.2 Å². The fourth-order valence-corrected chi connectivity index (χ4v) is 4.27. The number of hydrogen-bond acceptors (Lipinski definition) is 4. The Bertz CT molecular complexity index is 515. The third-order valence-corrected chi connectivity index (χ3v) is 4.90. The third-order valence-electron chi connectivity index (χ3n) is 3.01. The van der Waals surface area contributed by atoms with Crippen LogP contribution in [0.4, 0.5) is 4.79 Å². The molecule has 1 aromatic rings. The number of hydrogen-bond donors (Lipinski definition) is 0. The predicted octanol–water partition coefficient (Wildman–Crippen LogP) is 4.86. The van der Waals surface area contributed by atoms with Crippen LogP contribution >= 0.6 is 38.9 Å². The van der Waals surface area contributed by atoms with Gasteiger partial charge >= 0.3 is 6.09 Å². The first-order valence-electron chi connectivity index (χ1n) is 6.80. The lowest BCUT2D eigenvalue weighted by Crippen LogP contribution is -2.40. The number of rotatable bonds is 1. The van der Waals surface area contributed by atoms with Crippen LogP contribution in [-0.2, 0) is 9.47 Å². The summed E-state index contributed by atoms with van der Waals surface area (Å²) >= 11 is 11.2. The van der Waals surface area contributed by atoms with Gasteiger partial charge in [0.2, 0.25) is 0 Å². The monoisotopic (exact) mass is 395 g/mol. The maximum atomic E-state index is 12.5. The second-order valence-electron chi connectivity index (χ2n) is 5.90. The largest absolute Gasteiger partial charge is 0.444 e. The first kappa shape index (κ1) is 17.1. The highest BCUT2D eigenvalue weighted by Gasteiger charge is 2.32. The molecule has 4 nitrogen and oxygen atoms in total. The van der Waals surface area contributed by atoms with Crippen LogP contribution in [0, 0.1) is 0 Å². The summed E-state index contributed by atoms with van der Waals surface area (Å²) in [5, 5.41) is 0. The number of ether oxygens (including phenoxy) is 2. The second-order valence-corrected chi connectivity index (χ2v) is 8.93. The molecule has 0 saturated carbocycles. The average molecular weight is 397 g/mol. The zero-order valence-electron chi connectivity index (χ0n) is 12.3. The molecule has 0 bridgehead atoms. The Morgan fingerprint density at radius 3 is 2.86 bits per heavy atom. The Hall–Kier alpha value is -0.300. The van der Waals surface area contributed by atoms with E-state index in [0.29, 0.717) is 24.1 Å². The first-order chi connectivity index (χ1) is 9.78. The van der Waals surface area contributed by atoms with E-state index < -0.39 is 5.60 Å². The molecule has 2 rings (SSSR count). The van der Waals surface area contributed by atoms with Crippen molar-refractivity contribution in [2.75, 3.05) is 19.8 Å². The molecule has 2 heterocycles. The molecule has 118 valence electrons. The number of halogens is 2. The van der Waals surface area contributed by atoms with Crippen molar-refractivity contribution >= 4 is 45.0 Å². The number of carbonyl (C=O) groups excluding carboxylic acids is 1. The van der Waals surface area contributed by atoms with Crippen molar-refractivity contribution in [1.82, 2.24) is 4.90 Å². The van der Waals surface area contributed by atoms with Crippen LogP contribution in [0.5, 0.6) is 0 Å². The molecular formula is C14H19BrClNO3S. The van der Waals surface area contributed by atoms with Gasteiger partial charge in [0.05, 0.1) is 20.8 Å². The van der Waals surface area contributed by atoms with Crippen LogP contribution in [0.3, 0.4) is 0 Å². The molecular weight excluding hydrogens is 378 g/mol. The molecule has 0 aromatic carbocycles. The van der Waals surface area contributed by atoms with E-state index >= 15 is 0 Å². The van der Waals surface area contributed by atoms with Crippen molar-refractivity contribution in [3.05, 3.63) is 19.8 Å². The van der Waals surface area contributed by atoms with Gasteiger partial charge in [0, 0.05) is 18.7 Å². The van der Waals surface area contributed by atoms with Gasteiger partial charge in [-0.15, -0.1) is 11.3 Å².